The first-order valence-corrected chi connectivity index (χ1v) is 7.44. The lowest BCUT2D eigenvalue weighted by Gasteiger charge is -2.09. The zero-order valence-electron chi connectivity index (χ0n) is 12.6. The van der Waals surface area contributed by atoms with E-state index in [2.05, 4.69) is 5.32 Å². The van der Waals surface area contributed by atoms with Gasteiger partial charge in [0.25, 0.3) is 0 Å². The third-order valence-electron chi connectivity index (χ3n) is 3.34. The molecular formula is C16H24FNO3. The van der Waals surface area contributed by atoms with E-state index in [0.29, 0.717) is 38.0 Å². The van der Waals surface area contributed by atoms with E-state index in [9.17, 15) is 4.39 Å². The van der Waals surface area contributed by atoms with Gasteiger partial charge in [-0.3, -0.25) is 0 Å². The molecule has 0 unspecified atom stereocenters. The summed E-state index contributed by atoms with van der Waals surface area (Å²) in [6.07, 6.45) is 2.50. The smallest absolute Gasteiger partial charge is 0.128 e. The Balaban J connectivity index is 1.67. The molecule has 0 bridgehead atoms. The normalized spacial score (nSPS) is 14.6. The third kappa shape index (κ3) is 6.52. The highest BCUT2D eigenvalue weighted by Crippen LogP contribution is 2.20. The summed E-state index contributed by atoms with van der Waals surface area (Å²) in [4.78, 5) is 0. The van der Waals surface area contributed by atoms with Gasteiger partial charge in [-0.15, -0.1) is 0 Å². The van der Waals surface area contributed by atoms with Crippen LogP contribution in [0, 0.1) is 5.82 Å². The monoisotopic (exact) mass is 297 g/mol. The number of ether oxygens (including phenoxy) is 3. The lowest BCUT2D eigenvalue weighted by Crippen LogP contribution is -2.15. The summed E-state index contributed by atoms with van der Waals surface area (Å²) < 4.78 is 29.3. The van der Waals surface area contributed by atoms with Crippen molar-refractivity contribution in [2.75, 3.05) is 33.5 Å². The molecule has 0 aliphatic heterocycles. The fourth-order valence-corrected chi connectivity index (χ4v) is 1.94. The first-order valence-electron chi connectivity index (χ1n) is 7.44. The molecular weight excluding hydrogens is 273 g/mol. The minimum atomic E-state index is -0.217. The maximum absolute atomic E-state index is 13.7. The molecule has 0 radical (unpaired) electrons. The minimum Gasteiger partial charge on any atom is -0.382 e. The van der Waals surface area contributed by atoms with Crippen molar-refractivity contribution in [1.29, 1.82) is 0 Å². The molecule has 1 aromatic rings. The molecule has 0 saturated heterocycles. The van der Waals surface area contributed by atoms with Gasteiger partial charge in [0.1, 0.15) is 5.82 Å². The topological polar surface area (TPSA) is 39.7 Å². The summed E-state index contributed by atoms with van der Waals surface area (Å²) in [5.74, 6) is -0.217. The first kappa shape index (κ1) is 16.4. The van der Waals surface area contributed by atoms with Gasteiger partial charge in [0.2, 0.25) is 0 Å². The molecule has 2 rings (SSSR count). The van der Waals surface area contributed by atoms with E-state index in [1.807, 2.05) is 12.1 Å². The largest absolute Gasteiger partial charge is 0.382 e. The molecule has 0 atom stereocenters. The average Bonchev–Trinajstić information content (AvgIpc) is 3.31. The van der Waals surface area contributed by atoms with E-state index in [0.717, 1.165) is 12.1 Å². The van der Waals surface area contributed by atoms with Crippen molar-refractivity contribution in [3.8, 4) is 0 Å². The quantitative estimate of drug-likeness (QED) is 0.636. The van der Waals surface area contributed by atoms with Gasteiger partial charge in [0.05, 0.1) is 33.0 Å². The van der Waals surface area contributed by atoms with E-state index < -0.39 is 0 Å². The van der Waals surface area contributed by atoms with E-state index in [1.165, 1.54) is 18.9 Å². The number of hydrogen-bond donors (Lipinski definition) is 1. The van der Waals surface area contributed by atoms with E-state index in [4.69, 9.17) is 14.2 Å². The van der Waals surface area contributed by atoms with Crippen LogP contribution in [0.1, 0.15) is 24.0 Å². The van der Waals surface area contributed by atoms with Gasteiger partial charge in [-0.25, -0.2) is 4.39 Å². The van der Waals surface area contributed by atoms with Crippen LogP contribution in [-0.4, -0.2) is 39.6 Å². The van der Waals surface area contributed by atoms with Gasteiger partial charge in [-0.2, -0.15) is 0 Å². The molecule has 0 spiro atoms. The summed E-state index contributed by atoms with van der Waals surface area (Å²) in [5, 5.41) is 3.42. The second-order valence-corrected chi connectivity index (χ2v) is 5.24. The van der Waals surface area contributed by atoms with Crippen LogP contribution in [-0.2, 0) is 27.4 Å². The number of halogens is 1. The molecule has 5 heteroatoms. The Morgan fingerprint density at radius 2 is 1.90 bits per heavy atom. The van der Waals surface area contributed by atoms with Crippen molar-refractivity contribution >= 4 is 0 Å². The van der Waals surface area contributed by atoms with Gasteiger partial charge < -0.3 is 19.5 Å². The van der Waals surface area contributed by atoms with Crippen molar-refractivity contribution in [1.82, 2.24) is 5.32 Å². The van der Waals surface area contributed by atoms with Crippen LogP contribution in [0.25, 0.3) is 0 Å². The maximum atomic E-state index is 13.7. The van der Waals surface area contributed by atoms with E-state index in [1.54, 1.807) is 7.11 Å². The van der Waals surface area contributed by atoms with Gasteiger partial charge in [-0.1, -0.05) is 6.07 Å². The van der Waals surface area contributed by atoms with Crippen LogP contribution in [0.4, 0.5) is 4.39 Å². The van der Waals surface area contributed by atoms with Crippen molar-refractivity contribution < 1.29 is 18.6 Å². The van der Waals surface area contributed by atoms with Crippen molar-refractivity contribution in [2.24, 2.45) is 0 Å². The maximum Gasteiger partial charge on any atom is 0.128 e. The first-order chi connectivity index (χ1) is 10.3. The second-order valence-electron chi connectivity index (χ2n) is 5.24. The van der Waals surface area contributed by atoms with Crippen LogP contribution in [0.15, 0.2) is 18.2 Å². The minimum absolute atomic E-state index is 0.217. The highest BCUT2D eigenvalue weighted by atomic mass is 19.1. The average molecular weight is 297 g/mol. The van der Waals surface area contributed by atoms with Gasteiger partial charge in [0, 0.05) is 25.3 Å². The molecule has 1 fully saturated rings. The zero-order valence-corrected chi connectivity index (χ0v) is 12.6. The molecule has 1 aromatic carbocycles. The third-order valence-corrected chi connectivity index (χ3v) is 3.34. The van der Waals surface area contributed by atoms with Crippen molar-refractivity contribution in [2.45, 2.75) is 32.0 Å². The number of rotatable bonds is 11. The Morgan fingerprint density at radius 3 is 2.67 bits per heavy atom. The van der Waals surface area contributed by atoms with Crippen LogP contribution >= 0.6 is 0 Å². The highest BCUT2D eigenvalue weighted by Gasteiger charge is 2.20. The van der Waals surface area contributed by atoms with Crippen LogP contribution in [0.3, 0.4) is 0 Å². The second kappa shape index (κ2) is 9.10. The fourth-order valence-electron chi connectivity index (χ4n) is 1.94. The number of hydrogen-bond acceptors (Lipinski definition) is 4. The summed E-state index contributed by atoms with van der Waals surface area (Å²) in [7, 11) is 1.63. The molecule has 0 heterocycles. The number of methoxy groups -OCH3 is 1. The molecule has 118 valence electrons. The lowest BCUT2D eigenvalue weighted by atomic mass is 10.1. The van der Waals surface area contributed by atoms with E-state index >= 15 is 0 Å². The zero-order chi connectivity index (χ0) is 14.9. The predicted molar refractivity (Wildman–Crippen MR) is 78.6 cm³/mol. The summed E-state index contributed by atoms with van der Waals surface area (Å²) >= 11 is 0. The SMILES string of the molecule is COCCOCCOCc1cc(CNC2CC2)ccc1F. The Hall–Kier alpha value is -1.01. The standard InChI is InChI=1S/C16H24FNO3/c1-19-6-7-20-8-9-21-12-14-10-13(2-5-16(14)17)11-18-15-3-4-15/h2,5,10,15,18H,3-4,6-9,11-12H2,1H3. The Kier molecular flexibility index (Phi) is 7.09. The lowest BCUT2D eigenvalue weighted by molar-refractivity contribution is 0.0193. The van der Waals surface area contributed by atoms with Crippen LogP contribution < -0.4 is 5.32 Å². The van der Waals surface area contributed by atoms with Gasteiger partial charge in [0.15, 0.2) is 0 Å². The summed E-state index contributed by atoms with van der Waals surface area (Å²) in [6, 6.07) is 5.86. The number of nitrogens with one attached hydrogen (secondary N) is 1. The van der Waals surface area contributed by atoms with Crippen molar-refractivity contribution in [3.05, 3.63) is 35.1 Å². The molecule has 1 aliphatic rings. The summed E-state index contributed by atoms with van der Waals surface area (Å²) in [6.45, 7) is 3.14. The fraction of sp³-hybridized carbons (Fsp3) is 0.625. The highest BCUT2D eigenvalue weighted by molar-refractivity contribution is 5.24. The van der Waals surface area contributed by atoms with Gasteiger partial charge in [-0.05, 0) is 30.5 Å². The predicted octanol–water partition coefficient (Wildman–Crippen LogP) is 2.26. The summed E-state index contributed by atoms with van der Waals surface area (Å²) in [5.41, 5.74) is 1.69. The Labute approximate surface area is 125 Å². The molecule has 0 aromatic heterocycles. The molecule has 1 N–H and O–H groups in total. The Morgan fingerprint density at radius 1 is 1.14 bits per heavy atom. The van der Waals surface area contributed by atoms with Crippen LogP contribution in [0.5, 0.6) is 0 Å². The molecule has 1 saturated carbocycles. The molecule has 1 aliphatic carbocycles. The van der Waals surface area contributed by atoms with Gasteiger partial charge >= 0.3 is 0 Å². The molecule has 4 nitrogen and oxygen atoms in total. The number of benzene rings is 1. The van der Waals surface area contributed by atoms with Crippen molar-refractivity contribution in [3.63, 3.8) is 0 Å². The molecule has 21 heavy (non-hydrogen) atoms. The van der Waals surface area contributed by atoms with Crippen LogP contribution in [0.2, 0.25) is 0 Å². The van der Waals surface area contributed by atoms with E-state index in [-0.39, 0.29) is 12.4 Å². The molecule has 0 amide bonds. The Bertz CT molecular complexity index is 424.